The van der Waals surface area contributed by atoms with Gasteiger partial charge in [-0.15, -0.1) is 0 Å². The molecule has 0 radical (unpaired) electrons. The van der Waals surface area contributed by atoms with E-state index < -0.39 is 0 Å². The molecule has 1 atom stereocenters. The molecule has 140 valence electrons. The predicted octanol–water partition coefficient (Wildman–Crippen LogP) is 2.64. The number of aliphatic hydroxyl groups excluding tert-OH is 1. The van der Waals surface area contributed by atoms with Crippen LogP contribution in [0.15, 0.2) is 22.9 Å². The fraction of sp³-hybridized carbons (Fsp3) is 0.526. The van der Waals surface area contributed by atoms with E-state index in [9.17, 15) is 9.90 Å². The van der Waals surface area contributed by atoms with E-state index in [1.165, 1.54) is 0 Å². The molecule has 26 heavy (non-hydrogen) atoms. The van der Waals surface area contributed by atoms with Crippen molar-refractivity contribution in [2.24, 2.45) is 5.92 Å². The van der Waals surface area contributed by atoms with Crippen molar-refractivity contribution in [3.05, 3.63) is 35.3 Å². The van der Waals surface area contributed by atoms with Crippen molar-refractivity contribution in [2.45, 2.75) is 39.5 Å². The van der Waals surface area contributed by atoms with Gasteiger partial charge in [0.05, 0.1) is 17.3 Å². The SMILES string of the molecule is Cc1noc(C)c1[C@@H](C)C(=O)Nc1cccnc1N1CCC(CO)CC1. The highest BCUT2D eigenvalue weighted by molar-refractivity contribution is 5.98. The van der Waals surface area contributed by atoms with E-state index in [1.54, 1.807) is 6.20 Å². The molecule has 0 aromatic carbocycles. The van der Waals surface area contributed by atoms with Crippen molar-refractivity contribution in [3.8, 4) is 0 Å². The molecule has 1 aliphatic heterocycles. The fourth-order valence-corrected chi connectivity index (χ4v) is 3.55. The van der Waals surface area contributed by atoms with Crippen LogP contribution in [0.2, 0.25) is 0 Å². The number of nitrogens with zero attached hydrogens (tertiary/aromatic N) is 3. The van der Waals surface area contributed by atoms with Crippen LogP contribution in [0.5, 0.6) is 0 Å². The summed E-state index contributed by atoms with van der Waals surface area (Å²) in [6.07, 6.45) is 3.59. The Labute approximate surface area is 153 Å². The normalized spacial score (nSPS) is 16.5. The van der Waals surface area contributed by atoms with Gasteiger partial charge in [-0.1, -0.05) is 5.16 Å². The molecule has 2 aromatic rings. The zero-order valence-electron chi connectivity index (χ0n) is 15.5. The Bertz CT molecular complexity index is 746. The van der Waals surface area contributed by atoms with Crippen molar-refractivity contribution in [3.63, 3.8) is 0 Å². The average Bonchev–Trinajstić information content (AvgIpc) is 3.00. The third-order valence-electron chi connectivity index (χ3n) is 5.13. The lowest BCUT2D eigenvalue weighted by molar-refractivity contribution is -0.117. The lowest BCUT2D eigenvalue weighted by atomic mass is 9.97. The van der Waals surface area contributed by atoms with E-state index in [1.807, 2.05) is 32.9 Å². The van der Waals surface area contributed by atoms with Gasteiger partial charge in [-0.05, 0) is 51.7 Å². The minimum Gasteiger partial charge on any atom is -0.396 e. The number of amides is 1. The molecule has 3 rings (SSSR count). The van der Waals surface area contributed by atoms with Crippen molar-refractivity contribution in [2.75, 3.05) is 29.9 Å². The molecular formula is C19H26N4O3. The molecule has 7 nitrogen and oxygen atoms in total. The molecule has 1 fully saturated rings. The van der Waals surface area contributed by atoms with Crippen LogP contribution in [0.25, 0.3) is 0 Å². The summed E-state index contributed by atoms with van der Waals surface area (Å²) in [5.41, 5.74) is 2.28. The van der Waals surface area contributed by atoms with Crippen LogP contribution in [0.4, 0.5) is 11.5 Å². The van der Waals surface area contributed by atoms with Crippen LogP contribution < -0.4 is 10.2 Å². The van der Waals surface area contributed by atoms with Gasteiger partial charge in [0.25, 0.3) is 0 Å². The number of nitrogens with one attached hydrogen (secondary N) is 1. The molecular weight excluding hydrogens is 332 g/mol. The first-order chi connectivity index (χ1) is 12.5. The van der Waals surface area contributed by atoms with Crippen molar-refractivity contribution in [1.82, 2.24) is 10.1 Å². The average molecular weight is 358 g/mol. The predicted molar refractivity (Wildman–Crippen MR) is 99.3 cm³/mol. The maximum absolute atomic E-state index is 12.8. The van der Waals surface area contributed by atoms with E-state index >= 15 is 0 Å². The van der Waals surface area contributed by atoms with E-state index in [0.717, 1.165) is 43.0 Å². The van der Waals surface area contributed by atoms with Gasteiger partial charge < -0.3 is 19.8 Å². The van der Waals surface area contributed by atoms with Gasteiger partial charge in [0.15, 0.2) is 5.82 Å². The molecule has 1 aliphatic rings. The number of aryl methyl sites for hydroxylation is 2. The summed E-state index contributed by atoms with van der Waals surface area (Å²) >= 11 is 0. The molecule has 1 amide bonds. The first-order valence-electron chi connectivity index (χ1n) is 9.05. The second kappa shape index (κ2) is 7.86. The third kappa shape index (κ3) is 3.72. The Morgan fingerprint density at radius 2 is 2.15 bits per heavy atom. The van der Waals surface area contributed by atoms with Crippen LogP contribution in [-0.4, -0.2) is 40.9 Å². The van der Waals surface area contributed by atoms with Gasteiger partial charge in [-0.25, -0.2) is 4.98 Å². The molecule has 0 unspecified atom stereocenters. The molecule has 3 heterocycles. The van der Waals surface area contributed by atoms with Gasteiger partial charge in [0.2, 0.25) is 5.91 Å². The number of aliphatic hydroxyl groups is 1. The monoisotopic (exact) mass is 358 g/mol. The third-order valence-corrected chi connectivity index (χ3v) is 5.13. The summed E-state index contributed by atoms with van der Waals surface area (Å²) in [6, 6.07) is 3.69. The van der Waals surface area contributed by atoms with Crippen LogP contribution in [-0.2, 0) is 4.79 Å². The molecule has 0 aliphatic carbocycles. The Morgan fingerprint density at radius 3 is 2.77 bits per heavy atom. The summed E-state index contributed by atoms with van der Waals surface area (Å²) in [7, 11) is 0. The number of anilines is 2. The lowest BCUT2D eigenvalue weighted by Crippen LogP contribution is -2.36. The highest BCUT2D eigenvalue weighted by Gasteiger charge is 2.25. The Balaban J connectivity index is 1.75. The van der Waals surface area contributed by atoms with Gasteiger partial charge >= 0.3 is 0 Å². The second-order valence-electron chi connectivity index (χ2n) is 6.94. The molecule has 0 saturated carbocycles. The first-order valence-corrected chi connectivity index (χ1v) is 9.05. The Hall–Kier alpha value is -2.41. The zero-order valence-corrected chi connectivity index (χ0v) is 15.5. The standard InChI is InChI=1S/C19H26N4O3/c1-12(17-13(2)22-26-14(17)3)19(25)21-16-5-4-8-20-18(16)23-9-6-15(11-24)7-10-23/h4-5,8,12,15,24H,6-7,9-11H2,1-3H3,(H,21,25)/t12-/m1/s1. The van der Waals surface area contributed by atoms with Crippen molar-refractivity contribution in [1.29, 1.82) is 0 Å². The molecule has 0 spiro atoms. The maximum atomic E-state index is 12.8. The number of hydrogen-bond acceptors (Lipinski definition) is 6. The van der Waals surface area contributed by atoms with E-state index in [2.05, 4.69) is 20.4 Å². The van der Waals surface area contributed by atoms with E-state index in [-0.39, 0.29) is 18.4 Å². The zero-order chi connectivity index (χ0) is 18.7. The minimum atomic E-state index is -0.366. The summed E-state index contributed by atoms with van der Waals surface area (Å²) in [6.45, 7) is 7.39. The summed E-state index contributed by atoms with van der Waals surface area (Å²) in [5, 5.41) is 16.3. The highest BCUT2D eigenvalue weighted by atomic mass is 16.5. The highest BCUT2D eigenvalue weighted by Crippen LogP contribution is 2.30. The van der Waals surface area contributed by atoms with E-state index in [0.29, 0.717) is 17.4 Å². The lowest BCUT2D eigenvalue weighted by Gasteiger charge is -2.33. The summed E-state index contributed by atoms with van der Waals surface area (Å²) < 4.78 is 5.19. The fourth-order valence-electron chi connectivity index (χ4n) is 3.55. The van der Waals surface area contributed by atoms with E-state index in [4.69, 9.17) is 4.52 Å². The Kier molecular flexibility index (Phi) is 5.56. The van der Waals surface area contributed by atoms with Crippen LogP contribution >= 0.6 is 0 Å². The number of pyridine rings is 1. The van der Waals surface area contributed by atoms with Crippen molar-refractivity contribution < 1.29 is 14.4 Å². The largest absolute Gasteiger partial charge is 0.396 e. The number of aromatic nitrogens is 2. The van der Waals surface area contributed by atoms with Crippen molar-refractivity contribution >= 4 is 17.4 Å². The number of piperidine rings is 1. The van der Waals surface area contributed by atoms with Gasteiger partial charge in [0, 0.05) is 31.5 Å². The number of hydrogen-bond donors (Lipinski definition) is 2. The van der Waals surface area contributed by atoms with Crippen LogP contribution in [0.1, 0.15) is 42.7 Å². The molecule has 2 N–H and O–H groups in total. The number of carbonyl (C=O) groups excluding carboxylic acids is 1. The van der Waals surface area contributed by atoms with Gasteiger partial charge in [-0.2, -0.15) is 0 Å². The topological polar surface area (TPSA) is 91.5 Å². The van der Waals surface area contributed by atoms with Crippen LogP contribution in [0, 0.1) is 19.8 Å². The minimum absolute atomic E-state index is 0.112. The second-order valence-corrected chi connectivity index (χ2v) is 6.94. The number of rotatable bonds is 5. The van der Waals surface area contributed by atoms with Gasteiger partial charge in [0.1, 0.15) is 5.76 Å². The molecule has 2 aromatic heterocycles. The molecule has 1 saturated heterocycles. The number of carbonyl (C=O) groups is 1. The first kappa shape index (κ1) is 18.4. The maximum Gasteiger partial charge on any atom is 0.231 e. The smallest absolute Gasteiger partial charge is 0.231 e. The van der Waals surface area contributed by atoms with Crippen LogP contribution in [0.3, 0.4) is 0 Å². The van der Waals surface area contributed by atoms with Gasteiger partial charge in [-0.3, -0.25) is 4.79 Å². The quantitative estimate of drug-likeness (QED) is 0.854. The summed E-state index contributed by atoms with van der Waals surface area (Å²) in [4.78, 5) is 19.4. The Morgan fingerprint density at radius 1 is 1.42 bits per heavy atom. The molecule has 7 heteroatoms. The molecule has 0 bridgehead atoms. The summed E-state index contributed by atoms with van der Waals surface area (Å²) in [5.74, 6) is 1.33.